The van der Waals surface area contributed by atoms with Gasteiger partial charge in [0.2, 0.25) is 0 Å². The number of hydrogen-bond donors (Lipinski definition) is 0. The molecule has 0 spiro atoms. The second kappa shape index (κ2) is 12.3. The monoisotopic (exact) mass is 474 g/mol. The second-order valence-electron chi connectivity index (χ2n) is 8.76. The molecule has 6 heteroatoms. The van der Waals surface area contributed by atoms with Crippen molar-refractivity contribution < 1.29 is 19.0 Å². The maximum atomic E-state index is 13.5. The van der Waals surface area contributed by atoms with Crippen LogP contribution in [0.2, 0.25) is 0 Å². The Morgan fingerprint density at radius 3 is 2.29 bits per heavy atom. The van der Waals surface area contributed by atoms with Gasteiger partial charge in [-0.1, -0.05) is 36.4 Å². The molecule has 0 radical (unpaired) electrons. The normalized spacial score (nSPS) is 13.4. The van der Waals surface area contributed by atoms with Crippen molar-refractivity contribution in [3.8, 4) is 17.2 Å². The number of nitrogens with zero attached hydrogens (tertiary/aromatic N) is 2. The largest absolute Gasteiger partial charge is 0.497 e. The summed E-state index contributed by atoms with van der Waals surface area (Å²) in [4.78, 5) is 17.8. The van der Waals surface area contributed by atoms with E-state index < -0.39 is 0 Å². The molecule has 1 saturated heterocycles. The third-order valence-corrected chi connectivity index (χ3v) is 6.35. The second-order valence-corrected chi connectivity index (χ2v) is 8.76. The molecule has 0 N–H and O–H groups in total. The van der Waals surface area contributed by atoms with E-state index in [0.29, 0.717) is 36.8 Å². The number of amides is 1. The van der Waals surface area contributed by atoms with E-state index in [-0.39, 0.29) is 5.91 Å². The fourth-order valence-corrected chi connectivity index (χ4v) is 4.32. The summed E-state index contributed by atoms with van der Waals surface area (Å²) in [5, 5.41) is 0. The highest BCUT2D eigenvalue weighted by Crippen LogP contribution is 2.30. The van der Waals surface area contributed by atoms with E-state index in [1.165, 1.54) is 12.8 Å². The smallest absolute Gasteiger partial charge is 0.254 e. The molecule has 1 fully saturated rings. The van der Waals surface area contributed by atoms with E-state index >= 15 is 0 Å². The van der Waals surface area contributed by atoms with Gasteiger partial charge in [0.05, 0.1) is 14.2 Å². The number of methoxy groups -OCH3 is 2. The van der Waals surface area contributed by atoms with Gasteiger partial charge in [-0.15, -0.1) is 0 Å². The van der Waals surface area contributed by atoms with Crippen LogP contribution in [-0.4, -0.2) is 56.1 Å². The topological polar surface area (TPSA) is 51.2 Å². The van der Waals surface area contributed by atoms with Crippen LogP contribution in [-0.2, 0) is 13.2 Å². The fourth-order valence-electron chi connectivity index (χ4n) is 4.32. The molecule has 0 saturated carbocycles. The molecular formula is C29H34N2O4. The number of likely N-dealkylation sites (tertiary alicyclic amines) is 1. The third-order valence-electron chi connectivity index (χ3n) is 6.35. The van der Waals surface area contributed by atoms with Crippen molar-refractivity contribution in [2.24, 2.45) is 0 Å². The van der Waals surface area contributed by atoms with E-state index in [9.17, 15) is 4.79 Å². The molecular weight excluding hydrogens is 440 g/mol. The van der Waals surface area contributed by atoms with Crippen LogP contribution in [0.5, 0.6) is 17.2 Å². The highest BCUT2D eigenvalue weighted by molar-refractivity contribution is 5.94. The SMILES string of the molecule is COc1ccc(C(=O)N(CCN2CCCC2)Cc2ccc(OC)c(OCc3ccccc3)c2)cc1. The Labute approximate surface area is 208 Å². The quantitative estimate of drug-likeness (QED) is 0.391. The van der Waals surface area contributed by atoms with E-state index in [1.54, 1.807) is 14.2 Å². The molecule has 4 rings (SSSR count). The van der Waals surface area contributed by atoms with Gasteiger partial charge in [-0.25, -0.2) is 0 Å². The summed E-state index contributed by atoms with van der Waals surface area (Å²) in [6.45, 7) is 4.68. The molecule has 0 aliphatic carbocycles. The van der Waals surface area contributed by atoms with E-state index in [1.807, 2.05) is 77.7 Å². The number of carbonyl (C=O) groups excluding carboxylic acids is 1. The maximum Gasteiger partial charge on any atom is 0.254 e. The van der Waals surface area contributed by atoms with Crippen LogP contribution in [0.4, 0.5) is 0 Å². The summed E-state index contributed by atoms with van der Waals surface area (Å²) in [6.07, 6.45) is 2.46. The Hall–Kier alpha value is -3.51. The standard InChI is InChI=1S/C29H34N2O4/c1-33-26-13-11-25(12-14-26)29(32)31(19-18-30-16-6-7-17-30)21-24-10-15-27(34-2)28(20-24)35-22-23-8-4-3-5-9-23/h3-5,8-15,20H,6-7,16-19,21-22H2,1-2H3. The lowest BCUT2D eigenvalue weighted by molar-refractivity contribution is 0.0727. The molecule has 1 amide bonds. The first-order valence-electron chi connectivity index (χ1n) is 12.2. The molecule has 0 atom stereocenters. The Morgan fingerprint density at radius 2 is 1.60 bits per heavy atom. The number of hydrogen-bond acceptors (Lipinski definition) is 5. The van der Waals surface area contributed by atoms with Gasteiger partial charge in [-0.2, -0.15) is 0 Å². The molecule has 1 heterocycles. The van der Waals surface area contributed by atoms with Crippen molar-refractivity contribution in [1.82, 2.24) is 9.80 Å². The minimum atomic E-state index is 0.00872. The summed E-state index contributed by atoms with van der Waals surface area (Å²) in [7, 11) is 3.26. The molecule has 0 unspecified atom stereocenters. The van der Waals surface area contributed by atoms with Gasteiger partial charge in [0.1, 0.15) is 12.4 Å². The van der Waals surface area contributed by atoms with Crippen molar-refractivity contribution in [3.63, 3.8) is 0 Å². The summed E-state index contributed by atoms with van der Waals surface area (Å²) in [5.41, 5.74) is 2.74. The summed E-state index contributed by atoms with van der Waals surface area (Å²) in [5.74, 6) is 2.09. The molecule has 1 aliphatic rings. The van der Waals surface area contributed by atoms with Gasteiger partial charge in [-0.05, 0) is 73.5 Å². The molecule has 184 valence electrons. The van der Waals surface area contributed by atoms with Crippen molar-refractivity contribution >= 4 is 5.91 Å². The zero-order valence-corrected chi connectivity index (χ0v) is 20.6. The minimum Gasteiger partial charge on any atom is -0.497 e. The van der Waals surface area contributed by atoms with E-state index in [4.69, 9.17) is 14.2 Å². The lowest BCUT2D eigenvalue weighted by Crippen LogP contribution is -2.37. The van der Waals surface area contributed by atoms with Crippen molar-refractivity contribution in [2.75, 3.05) is 40.4 Å². The van der Waals surface area contributed by atoms with Crippen molar-refractivity contribution in [1.29, 1.82) is 0 Å². The van der Waals surface area contributed by atoms with Crippen molar-refractivity contribution in [3.05, 3.63) is 89.5 Å². The molecule has 3 aromatic carbocycles. The summed E-state index contributed by atoms with van der Waals surface area (Å²) >= 11 is 0. The van der Waals surface area contributed by atoms with Crippen LogP contribution in [0.1, 0.15) is 34.3 Å². The highest BCUT2D eigenvalue weighted by atomic mass is 16.5. The number of rotatable bonds is 11. The zero-order valence-electron chi connectivity index (χ0n) is 20.6. The van der Waals surface area contributed by atoms with Crippen LogP contribution < -0.4 is 14.2 Å². The summed E-state index contributed by atoms with van der Waals surface area (Å²) < 4.78 is 16.9. The van der Waals surface area contributed by atoms with Crippen LogP contribution in [0.3, 0.4) is 0 Å². The van der Waals surface area contributed by atoms with Gasteiger partial charge >= 0.3 is 0 Å². The molecule has 3 aromatic rings. The van der Waals surface area contributed by atoms with Gasteiger partial charge in [0.25, 0.3) is 5.91 Å². The molecule has 0 aromatic heterocycles. The Balaban J connectivity index is 1.51. The minimum absolute atomic E-state index is 0.00872. The predicted octanol–water partition coefficient (Wildman–Crippen LogP) is 5.02. The first kappa shape index (κ1) is 24.6. The molecule has 0 bridgehead atoms. The van der Waals surface area contributed by atoms with Crippen LogP contribution in [0.15, 0.2) is 72.8 Å². The van der Waals surface area contributed by atoms with Gasteiger partial charge in [0.15, 0.2) is 11.5 Å². The average molecular weight is 475 g/mol. The first-order chi connectivity index (χ1) is 17.2. The zero-order chi connectivity index (χ0) is 24.5. The van der Waals surface area contributed by atoms with Crippen LogP contribution in [0.25, 0.3) is 0 Å². The van der Waals surface area contributed by atoms with Gasteiger partial charge < -0.3 is 24.0 Å². The Bertz CT molecular complexity index is 1080. The van der Waals surface area contributed by atoms with E-state index in [2.05, 4.69) is 4.90 Å². The molecule has 35 heavy (non-hydrogen) atoms. The van der Waals surface area contributed by atoms with Gasteiger partial charge in [-0.3, -0.25) is 4.79 Å². The fraction of sp³-hybridized carbons (Fsp3) is 0.345. The van der Waals surface area contributed by atoms with Gasteiger partial charge in [0, 0.05) is 25.2 Å². The predicted molar refractivity (Wildman–Crippen MR) is 137 cm³/mol. The third kappa shape index (κ3) is 6.76. The van der Waals surface area contributed by atoms with Crippen LogP contribution in [0, 0.1) is 0 Å². The number of carbonyl (C=O) groups is 1. The number of benzene rings is 3. The lowest BCUT2D eigenvalue weighted by Gasteiger charge is -2.26. The lowest BCUT2D eigenvalue weighted by atomic mass is 10.1. The van der Waals surface area contributed by atoms with E-state index in [0.717, 1.165) is 36.5 Å². The number of ether oxygens (including phenoxy) is 3. The average Bonchev–Trinajstić information content (AvgIpc) is 3.44. The molecule has 6 nitrogen and oxygen atoms in total. The highest BCUT2D eigenvalue weighted by Gasteiger charge is 2.20. The molecule has 1 aliphatic heterocycles. The Kier molecular flexibility index (Phi) is 8.63. The van der Waals surface area contributed by atoms with Crippen LogP contribution >= 0.6 is 0 Å². The van der Waals surface area contributed by atoms with Crippen molar-refractivity contribution in [2.45, 2.75) is 26.0 Å². The summed E-state index contributed by atoms with van der Waals surface area (Å²) in [6, 6.07) is 23.2. The maximum absolute atomic E-state index is 13.5. The Morgan fingerprint density at radius 1 is 0.857 bits per heavy atom. The first-order valence-corrected chi connectivity index (χ1v) is 12.2.